The summed E-state index contributed by atoms with van der Waals surface area (Å²) in [5.74, 6) is 0.752. The van der Waals surface area contributed by atoms with Gasteiger partial charge in [-0.2, -0.15) is 0 Å². The van der Waals surface area contributed by atoms with Gasteiger partial charge in [0.1, 0.15) is 11.4 Å². The van der Waals surface area contributed by atoms with Crippen molar-refractivity contribution < 1.29 is 5.11 Å². The van der Waals surface area contributed by atoms with Gasteiger partial charge in [-0.1, -0.05) is 31.2 Å². The highest BCUT2D eigenvalue weighted by Crippen LogP contribution is 2.27. The molecule has 0 spiro atoms. The van der Waals surface area contributed by atoms with Crippen LogP contribution in [-0.4, -0.2) is 20.1 Å². The predicted octanol–water partition coefficient (Wildman–Crippen LogP) is 1.68. The Morgan fingerprint density at radius 1 is 1.31 bits per heavy atom. The number of hydrogen-bond donors (Lipinski definition) is 2. The molecule has 0 aliphatic carbocycles. The summed E-state index contributed by atoms with van der Waals surface area (Å²) in [6, 6.07) is 6.97. The number of para-hydroxylation sites is 2. The molecule has 0 amide bonds. The second kappa shape index (κ2) is 3.84. The predicted molar refractivity (Wildman–Crippen MR) is 61.5 cm³/mol. The van der Waals surface area contributed by atoms with Crippen LogP contribution in [0, 0.1) is 0 Å². The maximum atomic E-state index is 9.75. The van der Waals surface area contributed by atoms with E-state index in [9.17, 15) is 5.11 Å². The molecule has 0 fully saturated rings. The number of nitrogens with two attached hydrogens (primary N) is 1. The van der Waals surface area contributed by atoms with Gasteiger partial charge in [0.05, 0.1) is 5.69 Å². The largest absolute Gasteiger partial charge is 0.506 e. The lowest BCUT2D eigenvalue weighted by molar-refractivity contribution is 0.468. The van der Waals surface area contributed by atoms with Gasteiger partial charge >= 0.3 is 0 Å². The molecule has 0 atom stereocenters. The molecule has 0 unspecified atom stereocenters. The van der Waals surface area contributed by atoms with Crippen LogP contribution in [0.25, 0.3) is 5.69 Å². The minimum absolute atomic E-state index is 0.161. The molecule has 16 heavy (non-hydrogen) atoms. The Morgan fingerprint density at radius 2 is 2.00 bits per heavy atom. The summed E-state index contributed by atoms with van der Waals surface area (Å²) in [5.41, 5.74) is 7.15. The summed E-state index contributed by atoms with van der Waals surface area (Å²) < 4.78 is 1.58. The molecule has 0 saturated carbocycles. The van der Waals surface area contributed by atoms with Crippen LogP contribution in [0.2, 0.25) is 0 Å². The molecule has 0 bridgehead atoms. The van der Waals surface area contributed by atoms with E-state index in [1.165, 1.54) is 0 Å². The van der Waals surface area contributed by atoms with Crippen molar-refractivity contribution in [2.45, 2.75) is 19.8 Å². The Morgan fingerprint density at radius 3 is 2.62 bits per heavy atom. The molecule has 1 heterocycles. The van der Waals surface area contributed by atoms with Crippen molar-refractivity contribution in [3.8, 4) is 11.4 Å². The molecule has 2 rings (SSSR count). The average molecular weight is 218 g/mol. The number of anilines is 1. The Bertz CT molecular complexity index is 504. The molecule has 0 aliphatic rings. The Kier molecular flexibility index (Phi) is 2.52. The van der Waals surface area contributed by atoms with Crippen molar-refractivity contribution in [3.63, 3.8) is 0 Å². The molecule has 1 aromatic heterocycles. The van der Waals surface area contributed by atoms with Crippen molar-refractivity contribution in [2.75, 3.05) is 5.73 Å². The van der Waals surface area contributed by atoms with E-state index < -0.39 is 0 Å². The maximum absolute atomic E-state index is 9.75. The fourth-order valence-corrected chi connectivity index (χ4v) is 1.66. The van der Waals surface area contributed by atoms with Crippen LogP contribution in [-0.2, 0) is 0 Å². The topological polar surface area (TPSA) is 77.0 Å². The molecule has 84 valence electrons. The Labute approximate surface area is 93.5 Å². The van der Waals surface area contributed by atoms with E-state index in [2.05, 4.69) is 10.3 Å². The van der Waals surface area contributed by atoms with Gasteiger partial charge in [-0.3, -0.25) is 0 Å². The second-order valence-corrected chi connectivity index (χ2v) is 3.92. The van der Waals surface area contributed by atoms with Crippen LogP contribution < -0.4 is 5.73 Å². The zero-order valence-corrected chi connectivity index (χ0v) is 9.25. The first-order chi connectivity index (χ1) is 7.61. The first-order valence-electron chi connectivity index (χ1n) is 5.10. The molecule has 5 nitrogen and oxygen atoms in total. The van der Waals surface area contributed by atoms with Crippen molar-refractivity contribution in [2.24, 2.45) is 0 Å². The monoisotopic (exact) mass is 218 g/mol. The van der Waals surface area contributed by atoms with Gasteiger partial charge in [0.25, 0.3) is 0 Å². The lowest BCUT2D eigenvalue weighted by Crippen LogP contribution is -2.05. The smallest absolute Gasteiger partial charge is 0.169 e. The highest BCUT2D eigenvalue weighted by Gasteiger charge is 2.16. The number of aromatic nitrogens is 3. The molecular weight excluding hydrogens is 204 g/mol. The van der Waals surface area contributed by atoms with E-state index in [1.807, 2.05) is 19.9 Å². The zero-order chi connectivity index (χ0) is 11.7. The summed E-state index contributed by atoms with van der Waals surface area (Å²) in [6.07, 6.45) is 0. The minimum atomic E-state index is 0.161. The van der Waals surface area contributed by atoms with Gasteiger partial charge in [-0.25, -0.2) is 4.68 Å². The maximum Gasteiger partial charge on any atom is 0.169 e. The highest BCUT2D eigenvalue weighted by molar-refractivity contribution is 5.49. The minimum Gasteiger partial charge on any atom is -0.506 e. The number of benzene rings is 1. The van der Waals surface area contributed by atoms with Gasteiger partial charge < -0.3 is 10.8 Å². The van der Waals surface area contributed by atoms with Gasteiger partial charge in [0.15, 0.2) is 5.82 Å². The van der Waals surface area contributed by atoms with E-state index in [0.717, 1.165) is 5.69 Å². The van der Waals surface area contributed by atoms with Gasteiger partial charge in [-0.05, 0) is 18.1 Å². The van der Waals surface area contributed by atoms with Crippen molar-refractivity contribution in [3.05, 3.63) is 30.0 Å². The number of hydrogen-bond acceptors (Lipinski definition) is 4. The number of phenolic OH excluding ortho intramolecular Hbond substituents is 1. The Balaban J connectivity index is 2.61. The SMILES string of the molecule is CC(C)c1c(N)nnn1-c1ccccc1O. The van der Waals surface area contributed by atoms with Crippen molar-refractivity contribution in [1.29, 1.82) is 0 Å². The van der Waals surface area contributed by atoms with Crippen LogP contribution in [0.4, 0.5) is 5.82 Å². The summed E-state index contributed by atoms with van der Waals surface area (Å²) in [6.45, 7) is 4.01. The quantitative estimate of drug-likeness (QED) is 0.804. The highest BCUT2D eigenvalue weighted by atomic mass is 16.3. The number of phenols is 1. The molecule has 1 aromatic carbocycles. The number of nitrogen functional groups attached to an aromatic ring is 1. The molecule has 2 aromatic rings. The zero-order valence-electron chi connectivity index (χ0n) is 9.25. The van der Waals surface area contributed by atoms with Gasteiger partial charge in [0, 0.05) is 0 Å². The van der Waals surface area contributed by atoms with Crippen LogP contribution in [0.5, 0.6) is 5.75 Å². The van der Waals surface area contributed by atoms with Crippen LogP contribution in [0.15, 0.2) is 24.3 Å². The van der Waals surface area contributed by atoms with Crippen molar-refractivity contribution in [1.82, 2.24) is 15.0 Å². The lowest BCUT2D eigenvalue weighted by atomic mass is 10.1. The van der Waals surface area contributed by atoms with Gasteiger partial charge in [-0.15, -0.1) is 5.10 Å². The number of aromatic hydroxyl groups is 1. The molecule has 3 N–H and O–H groups in total. The van der Waals surface area contributed by atoms with E-state index in [-0.39, 0.29) is 11.7 Å². The fraction of sp³-hybridized carbons (Fsp3) is 0.273. The van der Waals surface area contributed by atoms with Crippen LogP contribution in [0.1, 0.15) is 25.5 Å². The third-order valence-corrected chi connectivity index (χ3v) is 2.39. The van der Waals surface area contributed by atoms with E-state index in [4.69, 9.17) is 5.73 Å². The average Bonchev–Trinajstić information content (AvgIpc) is 2.61. The van der Waals surface area contributed by atoms with E-state index >= 15 is 0 Å². The normalized spacial score (nSPS) is 10.9. The third kappa shape index (κ3) is 1.60. The first-order valence-corrected chi connectivity index (χ1v) is 5.10. The Hall–Kier alpha value is -2.04. The standard InChI is InChI=1S/C11H14N4O/c1-7(2)10-11(12)13-14-15(10)8-5-3-4-6-9(8)16/h3-7,16H,12H2,1-2H3. The van der Waals surface area contributed by atoms with Crippen LogP contribution in [0.3, 0.4) is 0 Å². The van der Waals surface area contributed by atoms with E-state index in [1.54, 1.807) is 22.9 Å². The summed E-state index contributed by atoms with van der Waals surface area (Å²) in [5, 5.41) is 17.5. The second-order valence-electron chi connectivity index (χ2n) is 3.92. The number of nitrogens with zero attached hydrogens (tertiary/aromatic N) is 3. The molecule has 0 saturated heterocycles. The summed E-state index contributed by atoms with van der Waals surface area (Å²) in [7, 11) is 0. The van der Waals surface area contributed by atoms with Crippen LogP contribution >= 0.6 is 0 Å². The lowest BCUT2D eigenvalue weighted by Gasteiger charge is -2.10. The fourth-order valence-electron chi connectivity index (χ4n) is 1.66. The molecule has 0 radical (unpaired) electrons. The number of rotatable bonds is 2. The van der Waals surface area contributed by atoms with Crippen molar-refractivity contribution >= 4 is 5.82 Å². The van der Waals surface area contributed by atoms with Gasteiger partial charge in [0.2, 0.25) is 0 Å². The molecule has 0 aliphatic heterocycles. The third-order valence-electron chi connectivity index (χ3n) is 2.39. The molecule has 5 heteroatoms. The molecular formula is C11H14N4O. The van der Waals surface area contributed by atoms with E-state index in [0.29, 0.717) is 11.5 Å². The summed E-state index contributed by atoms with van der Waals surface area (Å²) >= 11 is 0. The summed E-state index contributed by atoms with van der Waals surface area (Å²) in [4.78, 5) is 0. The first kappa shape index (κ1) is 10.5.